The smallest absolute Gasteiger partial charge is 0.164 e. The number of thioether (sulfide) groups is 1. The van der Waals surface area contributed by atoms with Crippen LogP contribution >= 0.6 is 11.8 Å². The highest BCUT2D eigenvalue weighted by molar-refractivity contribution is 8.01. The van der Waals surface area contributed by atoms with Crippen LogP contribution < -0.4 is 4.90 Å². The highest BCUT2D eigenvalue weighted by Gasteiger charge is 2.23. The highest BCUT2D eigenvalue weighted by atomic mass is 32.2. The summed E-state index contributed by atoms with van der Waals surface area (Å²) < 4.78 is 30.8. The van der Waals surface area contributed by atoms with E-state index in [0.29, 0.717) is 23.7 Å². The van der Waals surface area contributed by atoms with Crippen LogP contribution in [0.5, 0.6) is 0 Å². The maximum atomic E-state index is 13.0. The third kappa shape index (κ3) is 2.08. The lowest BCUT2D eigenvalue weighted by Gasteiger charge is -2.16. The van der Waals surface area contributed by atoms with Gasteiger partial charge in [0.25, 0.3) is 0 Å². The number of methoxy groups -OCH3 is 1. The molecule has 15 heavy (non-hydrogen) atoms. The zero-order valence-electron chi connectivity index (χ0n) is 8.09. The molecule has 0 unspecified atom stereocenters. The van der Waals surface area contributed by atoms with Crippen molar-refractivity contribution < 1.29 is 13.5 Å². The summed E-state index contributed by atoms with van der Waals surface area (Å²) in [6.07, 6.45) is 0. The Labute approximate surface area is 91.2 Å². The molecule has 2 rings (SSSR count). The van der Waals surface area contributed by atoms with Crippen molar-refractivity contribution in [3.05, 3.63) is 29.6 Å². The van der Waals surface area contributed by atoms with E-state index in [1.54, 1.807) is 12.0 Å². The van der Waals surface area contributed by atoms with Crippen LogP contribution in [0.2, 0.25) is 0 Å². The van der Waals surface area contributed by atoms with E-state index in [-0.39, 0.29) is 0 Å². The van der Waals surface area contributed by atoms with Crippen LogP contribution in [0.15, 0.2) is 17.0 Å². The fraction of sp³-hybridized carbons (Fsp3) is 0.300. The second kappa shape index (κ2) is 4.37. The molecule has 1 aliphatic heterocycles. The van der Waals surface area contributed by atoms with E-state index in [9.17, 15) is 8.78 Å². The number of hydrogen-bond donors (Lipinski definition) is 0. The molecule has 2 nitrogen and oxygen atoms in total. The molecule has 1 aromatic carbocycles. The fourth-order valence-electron chi connectivity index (χ4n) is 1.31. The van der Waals surface area contributed by atoms with E-state index in [4.69, 9.17) is 4.74 Å². The predicted octanol–water partition coefficient (Wildman–Crippen LogP) is 2.52. The summed E-state index contributed by atoms with van der Waals surface area (Å²) in [5.41, 5.74) is 0.649. The number of fused-ring (bicyclic) bond motifs is 1. The number of nitrogens with zero attached hydrogens (tertiary/aromatic N) is 1. The summed E-state index contributed by atoms with van der Waals surface area (Å²) in [5.74, 6) is 1.29. The first-order chi connectivity index (χ1) is 7.22. The van der Waals surface area contributed by atoms with Gasteiger partial charge in [-0.05, 0) is 6.07 Å². The topological polar surface area (TPSA) is 12.5 Å². The SMILES string of the molecule is COCCN1[C]Sc2cc(F)c(F)cc21. The molecule has 0 spiro atoms. The van der Waals surface area contributed by atoms with Crippen molar-refractivity contribution in [2.24, 2.45) is 0 Å². The van der Waals surface area contributed by atoms with Crippen LogP contribution in [0.25, 0.3) is 0 Å². The third-order valence-corrected chi connectivity index (χ3v) is 2.94. The average Bonchev–Trinajstić information content (AvgIpc) is 2.59. The molecule has 0 aromatic heterocycles. The predicted molar refractivity (Wildman–Crippen MR) is 54.7 cm³/mol. The molecule has 1 heterocycles. The van der Waals surface area contributed by atoms with E-state index in [0.717, 1.165) is 0 Å². The molecule has 80 valence electrons. The molecule has 0 saturated heterocycles. The van der Waals surface area contributed by atoms with Gasteiger partial charge < -0.3 is 9.64 Å². The van der Waals surface area contributed by atoms with Gasteiger partial charge >= 0.3 is 0 Å². The van der Waals surface area contributed by atoms with E-state index >= 15 is 0 Å². The normalized spacial score (nSPS) is 14.5. The molecule has 1 aromatic rings. The van der Waals surface area contributed by atoms with Crippen LogP contribution in [-0.4, -0.2) is 20.3 Å². The van der Waals surface area contributed by atoms with Gasteiger partial charge in [0, 0.05) is 24.6 Å². The average molecular weight is 229 g/mol. The highest BCUT2D eigenvalue weighted by Crippen LogP contribution is 2.41. The molecule has 0 bridgehead atoms. The van der Waals surface area contributed by atoms with Crippen LogP contribution in [0.4, 0.5) is 14.5 Å². The maximum Gasteiger partial charge on any atom is 0.164 e. The first kappa shape index (κ1) is 10.7. The van der Waals surface area contributed by atoms with Gasteiger partial charge in [-0.15, -0.1) is 0 Å². The lowest BCUT2D eigenvalue weighted by atomic mass is 10.3. The monoisotopic (exact) mass is 229 g/mol. The van der Waals surface area contributed by atoms with E-state index in [1.807, 2.05) is 0 Å². The number of halogens is 2. The molecule has 5 heteroatoms. The molecule has 2 radical (unpaired) electrons. The van der Waals surface area contributed by atoms with Crippen LogP contribution in [0.1, 0.15) is 0 Å². The molecule has 1 aliphatic rings. The first-order valence-corrected chi connectivity index (χ1v) is 5.22. The Kier molecular flexibility index (Phi) is 3.11. The van der Waals surface area contributed by atoms with Crippen molar-refractivity contribution in [3.63, 3.8) is 0 Å². The van der Waals surface area contributed by atoms with Gasteiger partial charge in [0.1, 0.15) is 0 Å². The molecule has 0 amide bonds. The zero-order chi connectivity index (χ0) is 10.8. The standard InChI is InChI=1S/C10H9F2NOS/c1-14-3-2-13-6-15-10-5-8(12)7(11)4-9(10)13/h4-5H,2-3H2,1H3. The fourth-order valence-corrected chi connectivity index (χ4v) is 2.15. The Morgan fingerprint density at radius 2 is 2.13 bits per heavy atom. The minimum Gasteiger partial charge on any atom is -0.383 e. The van der Waals surface area contributed by atoms with Crippen molar-refractivity contribution in [1.82, 2.24) is 0 Å². The Bertz CT molecular complexity index is 373. The maximum absolute atomic E-state index is 13.0. The van der Waals surface area contributed by atoms with Crippen LogP contribution in [-0.2, 0) is 4.74 Å². The number of anilines is 1. The summed E-state index contributed by atoms with van der Waals surface area (Å²) in [4.78, 5) is 2.41. The quantitative estimate of drug-likeness (QED) is 0.790. The molecule has 0 aliphatic carbocycles. The largest absolute Gasteiger partial charge is 0.383 e. The molecular formula is C10H9F2NOS. The van der Waals surface area contributed by atoms with Gasteiger partial charge in [0.2, 0.25) is 0 Å². The summed E-state index contributed by atoms with van der Waals surface area (Å²) in [6, 6.07) is 2.38. The number of hydrogen-bond acceptors (Lipinski definition) is 3. The second-order valence-electron chi connectivity index (χ2n) is 3.07. The molecule has 0 saturated carbocycles. The Hall–Kier alpha value is -0.810. The van der Waals surface area contributed by atoms with Crippen molar-refractivity contribution in [1.29, 1.82) is 0 Å². The van der Waals surface area contributed by atoms with Gasteiger partial charge in [0.15, 0.2) is 17.5 Å². The first-order valence-electron chi connectivity index (χ1n) is 4.40. The van der Waals surface area contributed by atoms with Crippen molar-refractivity contribution >= 4 is 17.4 Å². The number of benzene rings is 1. The Balaban J connectivity index is 2.22. The van der Waals surface area contributed by atoms with Crippen molar-refractivity contribution in [2.75, 3.05) is 25.2 Å². The van der Waals surface area contributed by atoms with Gasteiger partial charge in [0.05, 0.1) is 12.3 Å². The summed E-state index contributed by atoms with van der Waals surface area (Å²) in [6.45, 7) is 1.10. The zero-order valence-corrected chi connectivity index (χ0v) is 8.91. The Morgan fingerprint density at radius 1 is 1.40 bits per heavy atom. The lowest BCUT2D eigenvalue weighted by Crippen LogP contribution is -2.20. The summed E-state index contributed by atoms with van der Waals surface area (Å²) in [5, 5.41) is 0. The van der Waals surface area contributed by atoms with Crippen LogP contribution in [0.3, 0.4) is 0 Å². The van der Waals surface area contributed by atoms with Gasteiger partial charge in [-0.3, -0.25) is 0 Å². The molecular weight excluding hydrogens is 220 g/mol. The summed E-state index contributed by atoms with van der Waals surface area (Å²) >= 11 is 1.26. The third-order valence-electron chi connectivity index (χ3n) is 2.08. The number of rotatable bonds is 3. The lowest BCUT2D eigenvalue weighted by molar-refractivity contribution is 0.207. The van der Waals surface area contributed by atoms with Crippen molar-refractivity contribution in [2.45, 2.75) is 4.90 Å². The molecule has 0 fully saturated rings. The molecule has 0 N–H and O–H groups in total. The van der Waals surface area contributed by atoms with Gasteiger partial charge in [-0.1, -0.05) is 11.8 Å². The minimum absolute atomic E-state index is 0.520. The van der Waals surface area contributed by atoms with Gasteiger partial charge in [-0.2, -0.15) is 0 Å². The van der Waals surface area contributed by atoms with E-state index < -0.39 is 11.6 Å². The number of ether oxygens (including phenoxy) is 1. The second-order valence-corrected chi connectivity index (χ2v) is 3.90. The van der Waals surface area contributed by atoms with E-state index in [2.05, 4.69) is 5.88 Å². The van der Waals surface area contributed by atoms with E-state index in [1.165, 1.54) is 23.9 Å². The minimum atomic E-state index is -0.833. The summed E-state index contributed by atoms with van der Waals surface area (Å²) in [7, 11) is 1.59. The molecule has 0 atom stereocenters. The Morgan fingerprint density at radius 3 is 2.87 bits per heavy atom. The van der Waals surface area contributed by atoms with Crippen LogP contribution in [0, 0.1) is 17.5 Å². The van der Waals surface area contributed by atoms with Crippen molar-refractivity contribution in [3.8, 4) is 0 Å². The van der Waals surface area contributed by atoms with Gasteiger partial charge in [-0.25, -0.2) is 8.78 Å².